The summed E-state index contributed by atoms with van der Waals surface area (Å²) in [5, 5.41) is 5.39. The van der Waals surface area contributed by atoms with Crippen LogP contribution in [-0.2, 0) is 14.3 Å². The molecular formula is C26H29NO4S2. The highest BCUT2D eigenvalue weighted by molar-refractivity contribution is 7.99. The van der Waals surface area contributed by atoms with Gasteiger partial charge in [0.2, 0.25) is 0 Å². The van der Waals surface area contributed by atoms with Crippen LogP contribution >= 0.6 is 23.1 Å². The topological polar surface area (TPSA) is 64.6 Å². The van der Waals surface area contributed by atoms with Crippen LogP contribution in [0.4, 0.5) is 0 Å². The molecule has 2 aromatic rings. The van der Waals surface area contributed by atoms with E-state index in [1.807, 2.05) is 48.7 Å². The summed E-state index contributed by atoms with van der Waals surface area (Å²) in [6.07, 6.45) is 1.08. The van der Waals surface area contributed by atoms with Crippen molar-refractivity contribution in [3.05, 3.63) is 74.8 Å². The lowest BCUT2D eigenvalue weighted by Crippen LogP contribution is -2.36. The number of Topliss-reactive ketones (excluding diaryl/α,β-unsaturated/α-hetero) is 1. The number of thioether (sulfide) groups is 1. The SMILES string of the molecule is CCSCCOC(=O)C1=C(C)NC2=C(C(=O)C[C@H](c3ccccc3OC)C2)[C@@H]1c1cccs1. The van der Waals surface area contributed by atoms with Crippen molar-refractivity contribution in [2.45, 2.75) is 38.5 Å². The molecule has 4 rings (SSSR count). The number of thiophene rings is 1. The Hall–Kier alpha value is -2.51. The van der Waals surface area contributed by atoms with Crippen LogP contribution in [0.1, 0.15) is 49.0 Å². The summed E-state index contributed by atoms with van der Waals surface area (Å²) < 4.78 is 11.2. The van der Waals surface area contributed by atoms with Crippen LogP contribution in [0.2, 0.25) is 0 Å². The van der Waals surface area contributed by atoms with E-state index in [4.69, 9.17) is 9.47 Å². The standard InChI is InChI=1S/C26H29NO4S2/c1-4-32-13-11-31-26(29)23-16(2)27-19-14-17(18-8-5-6-9-21(18)30-3)15-20(28)24(19)25(23)22-10-7-12-33-22/h5-10,12,17,25,27H,4,11,13-15H2,1-3H3/t17-,25-/m1/s1. The van der Waals surface area contributed by atoms with E-state index in [9.17, 15) is 9.59 Å². The summed E-state index contributed by atoms with van der Waals surface area (Å²) in [6, 6.07) is 11.8. The van der Waals surface area contributed by atoms with Crippen LogP contribution in [0.5, 0.6) is 5.75 Å². The first-order valence-corrected chi connectivity index (χ1v) is 13.2. The number of ether oxygens (including phenoxy) is 2. The number of hydrogen-bond donors (Lipinski definition) is 1. The molecule has 5 nitrogen and oxygen atoms in total. The maximum absolute atomic E-state index is 13.6. The predicted molar refractivity (Wildman–Crippen MR) is 134 cm³/mol. The second-order valence-electron chi connectivity index (χ2n) is 8.11. The maximum Gasteiger partial charge on any atom is 0.336 e. The van der Waals surface area contributed by atoms with Crippen molar-refractivity contribution in [2.75, 3.05) is 25.2 Å². The van der Waals surface area contributed by atoms with E-state index in [0.717, 1.165) is 39.1 Å². The summed E-state index contributed by atoms with van der Waals surface area (Å²) in [5.74, 6) is 1.90. The van der Waals surface area contributed by atoms with Gasteiger partial charge in [-0.15, -0.1) is 11.3 Å². The van der Waals surface area contributed by atoms with Gasteiger partial charge in [-0.1, -0.05) is 31.2 Å². The molecule has 0 unspecified atom stereocenters. The van der Waals surface area contributed by atoms with Crippen LogP contribution in [0.25, 0.3) is 0 Å². The zero-order valence-electron chi connectivity index (χ0n) is 19.2. The van der Waals surface area contributed by atoms with E-state index in [2.05, 4.69) is 12.2 Å². The fraction of sp³-hybridized carbons (Fsp3) is 0.385. The highest BCUT2D eigenvalue weighted by atomic mass is 32.2. The fourth-order valence-corrected chi connectivity index (χ4v) is 6.02. The molecule has 0 bridgehead atoms. The van der Waals surface area contributed by atoms with E-state index in [-0.39, 0.29) is 17.7 Å². The van der Waals surface area contributed by atoms with Gasteiger partial charge in [-0.2, -0.15) is 11.8 Å². The first-order valence-electron chi connectivity index (χ1n) is 11.2. The summed E-state index contributed by atoms with van der Waals surface area (Å²) in [7, 11) is 1.66. The Morgan fingerprint density at radius 1 is 1.21 bits per heavy atom. The van der Waals surface area contributed by atoms with E-state index < -0.39 is 5.92 Å². The maximum atomic E-state index is 13.6. The summed E-state index contributed by atoms with van der Waals surface area (Å²) >= 11 is 3.30. The number of hydrogen-bond acceptors (Lipinski definition) is 7. The minimum atomic E-state index is -0.390. The van der Waals surface area contributed by atoms with Gasteiger partial charge in [0.1, 0.15) is 12.4 Å². The molecule has 2 atom stereocenters. The van der Waals surface area contributed by atoms with Crippen molar-refractivity contribution >= 4 is 34.9 Å². The Balaban J connectivity index is 1.68. The van der Waals surface area contributed by atoms with Crippen LogP contribution in [0, 0.1) is 0 Å². The quantitative estimate of drug-likeness (QED) is 0.400. The predicted octanol–water partition coefficient (Wildman–Crippen LogP) is 5.41. The van der Waals surface area contributed by atoms with Gasteiger partial charge >= 0.3 is 5.97 Å². The van der Waals surface area contributed by atoms with Gasteiger partial charge < -0.3 is 14.8 Å². The lowest BCUT2D eigenvalue weighted by atomic mass is 9.73. The monoisotopic (exact) mass is 483 g/mol. The molecule has 0 saturated carbocycles. The normalized spacial score (nSPS) is 20.4. The zero-order chi connectivity index (χ0) is 23.4. The summed E-state index contributed by atoms with van der Waals surface area (Å²) in [5.41, 5.74) is 3.94. The number of esters is 1. The molecule has 2 heterocycles. The number of carbonyl (C=O) groups is 2. The van der Waals surface area contributed by atoms with Crippen molar-refractivity contribution in [1.29, 1.82) is 0 Å². The van der Waals surface area contributed by atoms with Gasteiger partial charge in [0.25, 0.3) is 0 Å². The van der Waals surface area contributed by atoms with Crippen LogP contribution in [-0.4, -0.2) is 37.0 Å². The molecule has 7 heteroatoms. The number of benzene rings is 1. The third kappa shape index (κ3) is 4.89. The van der Waals surface area contributed by atoms with Gasteiger partial charge in [0, 0.05) is 39.9 Å². The summed E-state index contributed by atoms with van der Waals surface area (Å²) in [6.45, 7) is 4.35. The van der Waals surface area contributed by atoms with Crippen molar-refractivity contribution in [1.82, 2.24) is 5.32 Å². The van der Waals surface area contributed by atoms with Crippen LogP contribution in [0.15, 0.2) is 64.3 Å². The first kappa shape index (κ1) is 23.6. The number of dihydropyridines is 1. The van der Waals surface area contributed by atoms with Crippen LogP contribution in [0.3, 0.4) is 0 Å². The Kier molecular flexibility index (Phi) is 7.60. The lowest BCUT2D eigenvalue weighted by molar-refractivity contribution is -0.138. The number of carbonyl (C=O) groups excluding carboxylic acids is 2. The minimum absolute atomic E-state index is 0.0243. The largest absolute Gasteiger partial charge is 0.496 e. The molecule has 0 saturated heterocycles. The molecule has 33 heavy (non-hydrogen) atoms. The molecule has 0 fully saturated rings. The van der Waals surface area contributed by atoms with Gasteiger partial charge in [0.05, 0.1) is 18.6 Å². The second-order valence-corrected chi connectivity index (χ2v) is 10.5. The lowest BCUT2D eigenvalue weighted by Gasteiger charge is -2.36. The highest BCUT2D eigenvalue weighted by Gasteiger charge is 2.42. The smallest absolute Gasteiger partial charge is 0.336 e. The third-order valence-electron chi connectivity index (χ3n) is 6.12. The van der Waals surface area contributed by atoms with E-state index in [1.165, 1.54) is 0 Å². The Morgan fingerprint density at radius 3 is 2.76 bits per heavy atom. The van der Waals surface area contributed by atoms with E-state index in [0.29, 0.717) is 30.6 Å². The van der Waals surface area contributed by atoms with Gasteiger partial charge in [0.15, 0.2) is 5.78 Å². The Bertz CT molecular complexity index is 1090. The third-order valence-corrected chi connectivity index (χ3v) is 7.92. The number of rotatable bonds is 8. The Labute approximate surface area is 203 Å². The molecule has 1 N–H and O–H groups in total. The number of nitrogens with one attached hydrogen (secondary N) is 1. The first-order chi connectivity index (χ1) is 16.0. The second kappa shape index (κ2) is 10.6. The van der Waals surface area contributed by atoms with E-state index >= 15 is 0 Å². The molecule has 2 aliphatic rings. The van der Waals surface area contributed by atoms with Gasteiger partial charge in [-0.25, -0.2) is 4.79 Å². The molecule has 0 spiro atoms. The molecule has 1 aliphatic carbocycles. The zero-order valence-corrected chi connectivity index (χ0v) is 20.8. The number of ketones is 1. The molecular weight excluding hydrogens is 454 g/mol. The van der Waals surface area contributed by atoms with Gasteiger partial charge in [-0.05, 0) is 42.2 Å². The number of para-hydroxylation sites is 1. The molecule has 174 valence electrons. The van der Waals surface area contributed by atoms with Crippen molar-refractivity contribution in [3.63, 3.8) is 0 Å². The molecule has 0 radical (unpaired) electrons. The van der Waals surface area contributed by atoms with Gasteiger partial charge in [-0.3, -0.25) is 4.79 Å². The van der Waals surface area contributed by atoms with E-state index in [1.54, 1.807) is 30.2 Å². The number of methoxy groups -OCH3 is 1. The number of allylic oxidation sites excluding steroid dienone is 3. The molecule has 1 aromatic heterocycles. The Morgan fingerprint density at radius 2 is 2.03 bits per heavy atom. The minimum Gasteiger partial charge on any atom is -0.496 e. The average Bonchev–Trinajstić information content (AvgIpc) is 3.35. The highest BCUT2D eigenvalue weighted by Crippen LogP contribution is 2.47. The van der Waals surface area contributed by atoms with Crippen molar-refractivity contribution < 1.29 is 19.1 Å². The summed E-state index contributed by atoms with van der Waals surface area (Å²) in [4.78, 5) is 27.7. The fourth-order valence-electron chi connectivity index (χ4n) is 4.69. The van der Waals surface area contributed by atoms with Crippen LogP contribution < -0.4 is 10.1 Å². The molecule has 1 aromatic carbocycles. The molecule has 0 amide bonds. The average molecular weight is 484 g/mol. The van der Waals surface area contributed by atoms with Crippen molar-refractivity contribution in [3.8, 4) is 5.75 Å². The van der Waals surface area contributed by atoms with Crippen molar-refractivity contribution in [2.24, 2.45) is 0 Å². The molecule has 1 aliphatic heterocycles.